The molecule has 1 atom stereocenters. The second kappa shape index (κ2) is 8.27. The number of benzene rings is 1. The molecule has 0 radical (unpaired) electrons. The molecule has 1 amide bonds. The van der Waals surface area contributed by atoms with Crippen LogP contribution >= 0.6 is 0 Å². The number of aliphatic hydroxyl groups excluding tert-OH is 1. The van der Waals surface area contributed by atoms with Crippen molar-refractivity contribution in [1.82, 2.24) is 10.2 Å². The lowest BCUT2D eigenvalue weighted by atomic mass is 9.91. The number of piperidine rings is 1. The molecule has 3 N–H and O–H groups in total. The average Bonchev–Trinajstić information content (AvgIpc) is 2.53. The first-order chi connectivity index (χ1) is 10.7. The Hall–Kier alpha value is -1.43. The Bertz CT molecular complexity index is 466. The van der Waals surface area contributed by atoms with E-state index in [1.54, 1.807) is 4.90 Å². The highest BCUT2D eigenvalue weighted by Crippen LogP contribution is 2.22. The standard InChI is InChI=1S/C17H26N2O3/c20-13-10-18-14-17(22)9-5-12-19(16(17)21)11-4-8-15-6-2-1-3-7-15/h1-3,6-7,18,20,22H,4-5,8-14H2/t17-/m1/s1. The van der Waals surface area contributed by atoms with Crippen LogP contribution in [0.1, 0.15) is 24.8 Å². The normalized spacial score (nSPS) is 22.1. The summed E-state index contributed by atoms with van der Waals surface area (Å²) in [5.74, 6) is -0.183. The molecular formula is C17H26N2O3. The molecule has 0 saturated carbocycles. The van der Waals surface area contributed by atoms with Gasteiger partial charge in [-0.2, -0.15) is 0 Å². The van der Waals surface area contributed by atoms with Crippen LogP contribution in [-0.2, 0) is 11.2 Å². The van der Waals surface area contributed by atoms with Gasteiger partial charge in [0, 0.05) is 26.2 Å². The molecule has 1 heterocycles. The van der Waals surface area contributed by atoms with Crippen molar-refractivity contribution in [1.29, 1.82) is 0 Å². The second-order valence-corrected chi connectivity index (χ2v) is 5.92. The van der Waals surface area contributed by atoms with Gasteiger partial charge in [0.05, 0.1) is 6.61 Å². The van der Waals surface area contributed by atoms with Crippen LogP contribution in [0.5, 0.6) is 0 Å². The summed E-state index contributed by atoms with van der Waals surface area (Å²) in [6.07, 6.45) is 3.13. The molecule has 0 unspecified atom stereocenters. The first kappa shape index (κ1) is 16.9. The van der Waals surface area contributed by atoms with Gasteiger partial charge in [0.25, 0.3) is 5.91 Å². The lowest BCUT2D eigenvalue weighted by Gasteiger charge is -2.38. The number of hydrogen-bond donors (Lipinski definition) is 3. The van der Waals surface area contributed by atoms with E-state index in [-0.39, 0.29) is 19.1 Å². The third-order valence-corrected chi connectivity index (χ3v) is 4.15. The van der Waals surface area contributed by atoms with E-state index >= 15 is 0 Å². The van der Waals surface area contributed by atoms with Gasteiger partial charge in [0.15, 0.2) is 5.60 Å². The van der Waals surface area contributed by atoms with Gasteiger partial charge in [0.2, 0.25) is 0 Å². The summed E-state index contributed by atoms with van der Waals surface area (Å²) in [6, 6.07) is 10.2. The zero-order valence-electron chi connectivity index (χ0n) is 13.0. The minimum atomic E-state index is -1.32. The molecule has 22 heavy (non-hydrogen) atoms. The van der Waals surface area contributed by atoms with E-state index in [0.717, 1.165) is 25.8 Å². The van der Waals surface area contributed by atoms with E-state index in [0.29, 0.717) is 19.5 Å². The van der Waals surface area contributed by atoms with Crippen LogP contribution in [0.4, 0.5) is 0 Å². The van der Waals surface area contributed by atoms with Crippen molar-refractivity contribution < 1.29 is 15.0 Å². The Kier molecular flexibility index (Phi) is 6.36. The van der Waals surface area contributed by atoms with Gasteiger partial charge in [-0.25, -0.2) is 0 Å². The molecule has 1 aliphatic rings. The molecule has 2 rings (SSSR count). The Morgan fingerprint density at radius 3 is 2.77 bits per heavy atom. The van der Waals surface area contributed by atoms with Gasteiger partial charge < -0.3 is 20.4 Å². The fourth-order valence-electron chi connectivity index (χ4n) is 2.94. The van der Waals surface area contributed by atoms with Gasteiger partial charge in [-0.05, 0) is 31.2 Å². The molecular weight excluding hydrogens is 280 g/mol. The molecule has 0 aliphatic carbocycles. The van der Waals surface area contributed by atoms with Crippen LogP contribution in [0.25, 0.3) is 0 Å². The number of nitrogens with one attached hydrogen (secondary N) is 1. The minimum Gasteiger partial charge on any atom is -0.395 e. The van der Waals surface area contributed by atoms with Crippen LogP contribution < -0.4 is 5.32 Å². The molecule has 0 bridgehead atoms. The predicted octanol–water partition coefficient (Wildman–Crippen LogP) is 0.555. The zero-order valence-corrected chi connectivity index (χ0v) is 13.0. The number of hydrogen-bond acceptors (Lipinski definition) is 4. The maximum atomic E-state index is 12.5. The topological polar surface area (TPSA) is 72.8 Å². The van der Waals surface area contributed by atoms with Crippen LogP contribution in [0.2, 0.25) is 0 Å². The Morgan fingerprint density at radius 1 is 1.27 bits per heavy atom. The summed E-state index contributed by atoms with van der Waals surface area (Å²) in [5.41, 5.74) is -0.0491. The lowest BCUT2D eigenvalue weighted by Crippen LogP contribution is -2.58. The number of carbonyl (C=O) groups excluding carboxylic acids is 1. The van der Waals surface area contributed by atoms with Gasteiger partial charge in [-0.15, -0.1) is 0 Å². The predicted molar refractivity (Wildman–Crippen MR) is 85.5 cm³/mol. The quantitative estimate of drug-likeness (QED) is 0.614. The Balaban J connectivity index is 1.82. The zero-order chi connectivity index (χ0) is 15.8. The molecule has 1 saturated heterocycles. The molecule has 0 spiro atoms. The molecule has 122 valence electrons. The maximum absolute atomic E-state index is 12.5. The monoisotopic (exact) mass is 306 g/mol. The lowest BCUT2D eigenvalue weighted by molar-refractivity contribution is -0.156. The first-order valence-electron chi connectivity index (χ1n) is 8.03. The van der Waals surface area contributed by atoms with Gasteiger partial charge >= 0.3 is 0 Å². The number of nitrogens with zero attached hydrogens (tertiary/aromatic N) is 1. The summed E-state index contributed by atoms with van der Waals surface area (Å²) in [4.78, 5) is 14.2. The van der Waals surface area contributed by atoms with Crippen molar-refractivity contribution in [3.05, 3.63) is 35.9 Å². The van der Waals surface area contributed by atoms with Crippen LogP contribution in [0.15, 0.2) is 30.3 Å². The molecule has 1 aromatic rings. The smallest absolute Gasteiger partial charge is 0.255 e. The number of carbonyl (C=O) groups is 1. The van der Waals surface area contributed by atoms with Crippen LogP contribution in [-0.4, -0.2) is 59.4 Å². The van der Waals surface area contributed by atoms with Crippen molar-refractivity contribution in [2.75, 3.05) is 32.8 Å². The highest BCUT2D eigenvalue weighted by molar-refractivity contribution is 5.86. The number of rotatable bonds is 8. The summed E-state index contributed by atoms with van der Waals surface area (Å²) in [6.45, 7) is 2.00. The van der Waals surface area contributed by atoms with E-state index in [4.69, 9.17) is 5.11 Å². The molecule has 0 aromatic heterocycles. The maximum Gasteiger partial charge on any atom is 0.255 e. The largest absolute Gasteiger partial charge is 0.395 e. The summed E-state index contributed by atoms with van der Waals surface area (Å²) in [7, 11) is 0. The summed E-state index contributed by atoms with van der Waals surface area (Å²) < 4.78 is 0. The highest BCUT2D eigenvalue weighted by atomic mass is 16.3. The Labute approximate surface area is 131 Å². The summed E-state index contributed by atoms with van der Waals surface area (Å²) >= 11 is 0. The first-order valence-corrected chi connectivity index (χ1v) is 8.03. The van der Waals surface area contributed by atoms with Crippen molar-refractivity contribution >= 4 is 5.91 Å². The van der Waals surface area contributed by atoms with E-state index in [1.807, 2.05) is 18.2 Å². The number of aryl methyl sites for hydroxylation is 1. The molecule has 5 heteroatoms. The van der Waals surface area contributed by atoms with Crippen molar-refractivity contribution in [3.63, 3.8) is 0 Å². The average molecular weight is 306 g/mol. The number of amides is 1. The van der Waals surface area contributed by atoms with Crippen molar-refractivity contribution in [2.24, 2.45) is 0 Å². The van der Waals surface area contributed by atoms with Gasteiger partial charge in [-0.3, -0.25) is 4.79 Å². The molecule has 1 aliphatic heterocycles. The van der Waals surface area contributed by atoms with Crippen molar-refractivity contribution in [2.45, 2.75) is 31.3 Å². The second-order valence-electron chi connectivity index (χ2n) is 5.92. The minimum absolute atomic E-state index is 0.00502. The Morgan fingerprint density at radius 2 is 2.05 bits per heavy atom. The van der Waals surface area contributed by atoms with E-state index < -0.39 is 5.60 Å². The number of likely N-dealkylation sites (tertiary alicyclic amines) is 1. The SMILES string of the molecule is O=C1N(CCCc2ccccc2)CCC[C@@]1(O)CNCCO. The number of aliphatic hydroxyl groups is 2. The molecule has 1 fully saturated rings. The van der Waals surface area contributed by atoms with Crippen molar-refractivity contribution in [3.8, 4) is 0 Å². The summed E-state index contributed by atoms with van der Waals surface area (Å²) in [5, 5.41) is 22.2. The van der Waals surface area contributed by atoms with Gasteiger partial charge in [0.1, 0.15) is 0 Å². The molecule has 1 aromatic carbocycles. The molecule has 5 nitrogen and oxygen atoms in total. The third kappa shape index (κ3) is 4.53. The van der Waals surface area contributed by atoms with Gasteiger partial charge in [-0.1, -0.05) is 30.3 Å². The van der Waals surface area contributed by atoms with E-state index in [2.05, 4.69) is 17.4 Å². The van der Waals surface area contributed by atoms with E-state index in [1.165, 1.54) is 5.56 Å². The third-order valence-electron chi connectivity index (χ3n) is 4.15. The van der Waals surface area contributed by atoms with Crippen LogP contribution in [0.3, 0.4) is 0 Å². The fraction of sp³-hybridized carbons (Fsp3) is 0.588. The van der Waals surface area contributed by atoms with E-state index in [9.17, 15) is 9.90 Å². The van der Waals surface area contributed by atoms with Crippen LogP contribution in [0, 0.1) is 0 Å². The highest BCUT2D eigenvalue weighted by Gasteiger charge is 2.41. The fourth-order valence-corrected chi connectivity index (χ4v) is 2.94.